The molecule has 5 heteroatoms. The fourth-order valence-corrected chi connectivity index (χ4v) is 5.82. The number of rotatable bonds is 14. The number of aromatic hydroxyl groups is 1. The molecule has 0 saturated carbocycles. The van der Waals surface area contributed by atoms with Crippen LogP contribution in [0.4, 0.5) is 0 Å². The number of furan rings is 1. The number of unbranched alkanes of at least 4 members (excludes halogenated alkanes) is 9. The summed E-state index contributed by atoms with van der Waals surface area (Å²) in [6, 6.07) is 27.8. The molecular weight excluding hydrogens is 532 g/mol. The number of hydrogen-bond donors (Lipinski definition) is 1. The monoisotopic (exact) mass is 572 g/mol. The van der Waals surface area contributed by atoms with E-state index in [2.05, 4.69) is 43.3 Å². The van der Waals surface area contributed by atoms with Crippen molar-refractivity contribution in [2.24, 2.45) is 0 Å². The van der Waals surface area contributed by atoms with E-state index in [1.807, 2.05) is 36.4 Å². The minimum atomic E-state index is 0.142. The second-order valence-electron chi connectivity index (χ2n) is 11.5. The molecule has 0 saturated heterocycles. The van der Waals surface area contributed by atoms with E-state index in [0.29, 0.717) is 23.9 Å². The first-order chi connectivity index (χ1) is 21.2. The molecule has 43 heavy (non-hydrogen) atoms. The molecule has 2 aromatic heterocycles. The molecule has 0 radical (unpaired) electrons. The second-order valence-corrected chi connectivity index (χ2v) is 11.5. The predicted octanol–water partition coefficient (Wildman–Crippen LogP) is 10.9. The maximum absolute atomic E-state index is 10.6. The van der Waals surface area contributed by atoms with Gasteiger partial charge < -0.3 is 14.3 Å². The van der Waals surface area contributed by atoms with Crippen molar-refractivity contribution in [1.29, 1.82) is 0 Å². The minimum absolute atomic E-state index is 0.142. The van der Waals surface area contributed by atoms with Crippen molar-refractivity contribution in [3.63, 3.8) is 0 Å². The highest BCUT2D eigenvalue weighted by molar-refractivity contribution is 6.10. The summed E-state index contributed by atoms with van der Waals surface area (Å²) in [5.41, 5.74) is 3.95. The van der Waals surface area contributed by atoms with Crippen LogP contribution in [0.5, 0.6) is 11.6 Å². The van der Waals surface area contributed by atoms with Crippen molar-refractivity contribution in [2.75, 3.05) is 6.61 Å². The molecule has 0 aliphatic rings. The van der Waals surface area contributed by atoms with Gasteiger partial charge in [-0.05, 0) is 59.7 Å². The quantitative estimate of drug-likeness (QED) is 0.131. The number of fused-ring (bicyclic) bond motifs is 4. The first kappa shape index (κ1) is 28.7. The van der Waals surface area contributed by atoms with Crippen LogP contribution in [0.2, 0.25) is 0 Å². The average Bonchev–Trinajstić information content (AvgIpc) is 3.39. The third-order valence-corrected chi connectivity index (χ3v) is 8.23. The molecule has 0 spiro atoms. The van der Waals surface area contributed by atoms with E-state index < -0.39 is 0 Å². The van der Waals surface area contributed by atoms with Gasteiger partial charge in [-0.2, -0.15) is 4.98 Å². The Hall–Kier alpha value is -4.38. The Bertz CT molecular complexity index is 1820. The Morgan fingerprint density at radius 2 is 1.33 bits per heavy atom. The van der Waals surface area contributed by atoms with Gasteiger partial charge in [0.05, 0.1) is 17.9 Å². The molecule has 0 fully saturated rings. The van der Waals surface area contributed by atoms with Gasteiger partial charge in [-0.1, -0.05) is 101 Å². The first-order valence-corrected chi connectivity index (χ1v) is 15.9. The number of phenolic OH excluding ortho intramolecular Hbond substituents is 1. The smallest absolute Gasteiger partial charge is 0.217 e. The maximum Gasteiger partial charge on any atom is 0.217 e. The van der Waals surface area contributed by atoms with Gasteiger partial charge in [0.1, 0.15) is 16.9 Å². The lowest BCUT2D eigenvalue weighted by Gasteiger charge is -2.11. The SMILES string of the molecule is CCCCCCCCCCCCOc1cc(-c2ccc3oc4cc5ccccc5cc4c3c2)nc(-c2ccccc2O)n1. The van der Waals surface area contributed by atoms with Gasteiger partial charge in [0.25, 0.3) is 0 Å². The summed E-state index contributed by atoms with van der Waals surface area (Å²) < 4.78 is 12.4. The molecule has 5 nitrogen and oxygen atoms in total. The highest BCUT2D eigenvalue weighted by atomic mass is 16.5. The summed E-state index contributed by atoms with van der Waals surface area (Å²) in [6.07, 6.45) is 12.8. The number of phenols is 1. The summed E-state index contributed by atoms with van der Waals surface area (Å²) in [5.74, 6) is 1.10. The number of nitrogens with zero attached hydrogens (tertiary/aromatic N) is 2. The maximum atomic E-state index is 10.6. The van der Waals surface area contributed by atoms with Crippen LogP contribution in [0, 0.1) is 0 Å². The van der Waals surface area contributed by atoms with Gasteiger partial charge in [-0.15, -0.1) is 0 Å². The van der Waals surface area contributed by atoms with E-state index in [0.717, 1.165) is 51.4 Å². The number of hydrogen-bond acceptors (Lipinski definition) is 5. The van der Waals surface area contributed by atoms with Crippen molar-refractivity contribution >= 4 is 32.7 Å². The third-order valence-electron chi connectivity index (χ3n) is 8.23. The van der Waals surface area contributed by atoms with Gasteiger partial charge in [-0.3, -0.25) is 0 Å². The minimum Gasteiger partial charge on any atom is -0.507 e. The highest BCUT2D eigenvalue weighted by Crippen LogP contribution is 2.36. The van der Waals surface area contributed by atoms with Crippen molar-refractivity contribution < 1.29 is 14.3 Å². The fourth-order valence-electron chi connectivity index (χ4n) is 5.82. The molecule has 6 aromatic rings. The summed E-state index contributed by atoms with van der Waals surface area (Å²) in [5, 5.41) is 15.0. The molecule has 0 atom stereocenters. The molecule has 4 aromatic carbocycles. The van der Waals surface area contributed by atoms with E-state index in [-0.39, 0.29) is 5.75 Å². The summed E-state index contributed by atoms with van der Waals surface area (Å²) in [4.78, 5) is 9.58. The van der Waals surface area contributed by atoms with E-state index in [9.17, 15) is 5.11 Å². The number of ether oxygens (including phenoxy) is 1. The van der Waals surface area contributed by atoms with E-state index in [4.69, 9.17) is 19.1 Å². The Balaban J connectivity index is 1.22. The molecule has 0 bridgehead atoms. The largest absolute Gasteiger partial charge is 0.507 e. The standard InChI is InChI=1S/C38H40N2O3/c1-2-3-4-5-6-7-8-9-10-15-22-42-37-26-33(39-38(40-37)30-18-13-14-19-34(30)41)29-20-21-35-31(24-29)32-23-27-16-11-12-17-28(27)25-36(32)43-35/h11-14,16-21,23-26,41H,2-10,15,22H2,1H3. The Morgan fingerprint density at radius 3 is 2.09 bits per heavy atom. The van der Waals surface area contributed by atoms with Crippen molar-refractivity contribution in [1.82, 2.24) is 9.97 Å². The van der Waals surface area contributed by atoms with Gasteiger partial charge in [-0.25, -0.2) is 4.98 Å². The summed E-state index contributed by atoms with van der Waals surface area (Å²) in [6.45, 7) is 2.87. The van der Waals surface area contributed by atoms with Crippen LogP contribution >= 0.6 is 0 Å². The van der Waals surface area contributed by atoms with E-state index in [1.165, 1.54) is 56.8 Å². The molecule has 0 amide bonds. The Morgan fingerprint density at radius 1 is 0.651 bits per heavy atom. The molecule has 0 unspecified atom stereocenters. The van der Waals surface area contributed by atoms with Crippen molar-refractivity contribution in [2.45, 2.75) is 71.1 Å². The number of para-hydroxylation sites is 1. The van der Waals surface area contributed by atoms with E-state index >= 15 is 0 Å². The zero-order chi connectivity index (χ0) is 29.4. The predicted molar refractivity (Wildman–Crippen MR) is 177 cm³/mol. The fraction of sp³-hybridized carbons (Fsp3) is 0.316. The highest BCUT2D eigenvalue weighted by Gasteiger charge is 2.15. The Labute approximate surface area is 253 Å². The van der Waals surface area contributed by atoms with Crippen LogP contribution < -0.4 is 4.74 Å². The molecule has 0 aliphatic heterocycles. The van der Waals surface area contributed by atoms with Crippen LogP contribution in [0.1, 0.15) is 71.1 Å². The lowest BCUT2D eigenvalue weighted by molar-refractivity contribution is 0.293. The molecule has 1 N–H and O–H groups in total. The van der Waals surface area contributed by atoms with Crippen LogP contribution in [0.25, 0.3) is 55.4 Å². The lowest BCUT2D eigenvalue weighted by atomic mass is 10.0. The number of benzene rings is 4. The van der Waals surface area contributed by atoms with Crippen LogP contribution in [0.3, 0.4) is 0 Å². The molecule has 0 aliphatic carbocycles. The molecule has 2 heterocycles. The van der Waals surface area contributed by atoms with Gasteiger partial charge in [0.2, 0.25) is 5.88 Å². The molecule has 6 rings (SSSR count). The third kappa shape index (κ3) is 6.83. The van der Waals surface area contributed by atoms with Crippen molar-refractivity contribution in [3.8, 4) is 34.3 Å². The van der Waals surface area contributed by atoms with Crippen LogP contribution in [-0.4, -0.2) is 21.7 Å². The van der Waals surface area contributed by atoms with Crippen LogP contribution in [-0.2, 0) is 0 Å². The normalized spacial score (nSPS) is 11.6. The first-order valence-electron chi connectivity index (χ1n) is 15.9. The van der Waals surface area contributed by atoms with Crippen LogP contribution in [0.15, 0.2) is 89.3 Å². The lowest BCUT2D eigenvalue weighted by Crippen LogP contribution is -2.02. The second kappa shape index (κ2) is 13.7. The topological polar surface area (TPSA) is 68.4 Å². The zero-order valence-electron chi connectivity index (χ0n) is 25.0. The molecule has 220 valence electrons. The van der Waals surface area contributed by atoms with Gasteiger partial charge in [0, 0.05) is 22.4 Å². The average molecular weight is 573 g/mol. The van der Waals surface area contributed by atoms with Gasteiger partial charge >= 0.3 is 0 Å². The zero-order valence-corrected chi connectivity index (χ0v) is 25.0. The number of aromatic nitrogens is 2. The van der Waals surface area contributed by atoms with Crippen molar-refractivity contribution in [3.05, 3.63) is 84.9 Å². The summed E-state index contributed by atoms with van der Waals surface area (Å²) >= 11 is 0. The van der Waals surface area contributed by atoms with E-state index in [1.54, 1.807) is 12.1 Å². The van der Waals surface area contributed by atoms with Gasteiger partial charge in [0.15, 0.2) is 5.82 Å². The Kier molecular flexibility index (Phi) is 9.17. The summed E-state index contributed by atoms with van der Waals surface area (Å²) in [7, 11) is 0. The molecular formula is C38H40N2O3.